The van der Waals surface area contributed by atoms with Gasteiger partial charge in [0.25, 0.3) is 5.91 Å². The Bertz CT molecular complexity index is 1590. The molecule has 3 unspecified atom stereocenters. The summed E-state index contributed by atoms with van der Waals surface area (Å²) in [4.78, 5) is 24.9. The molecular weight excluding hydrogens is 495 g/mol. The van der Waals surface area contributed by atoms with Crippen molar-refractivity contribution in [2.75, 3.05) is 6.54 Å². The number of benzene rings is 1. The van der Waals surface area contributed by atoms with E-state index >= 15 is 4.39 Å². The van der Waals surface area contributed by atoms with Crippen LogP contribution in [-0.4, -0.2) is 53.6 Å². The number of imidazole rings is 1. The second-order valence-corrected chi connectivity index (χ2v) is 12.0. The maximum Gasteiger partial charge on any atom is 0.254 e. The van der Waals surface area contributed by atoms with Gasteiger partial charge in [-0.15, -0.1) is 0 Å². The number of hydrogen-bond acceptors (Lipinski definition) is 5. The number of pyridine rings is 1. The summed E-state index contributed by atoms with van der Waals surface area (Å²) in [5, 5.41) is 11.5. The van der Waals surface area contributed by atoms with Crippen LogP contribution in [0.5, 0.6) is 0 Å². The van der Waals surface area contributed by atoms with Crippen LogP contribution >= 0.6 is 0 Å². The maximum absolute atomic E-state index is 15.6. The number of aryl methyl sites for hydroxylation is 1. The molecule has 1 saturated heterocycles. The first-order chi connectivity index (χ1) is 18.5. The summed E-state index contributed by atoms with van der Waals surface area (Å²) in [6, 6.07) is 8.66. The Kier molecular flexibility index (Phi) is 6.07. The lowest BCUT2D eigenvalue weighted by Gasteiger charge is -2.23. The predicted octanol–water partition coefficient (Wildman–Crippen LogP) is 4.56. The lowest BCUT2D eigenvalue weighted by Crippen LogP contribution is -2.41. The lowest BCUT2D eigenvalue weighted by molar-refractivity contribution is 0.0733. The molecule has 9 heteroatoms. The van der Waals surface area contributed by atoms with E-state index < -0.39 is 11.4 Å². The van der Waals surface area contributed by atoms with E-state index in [0.717, 1.165) is 42.5 Å². The molecule has 1 aromatic carbocycles. The summed E-state index contributed by atoms with van der Waals surface area (Å²) in [6.45, 7) is 8.84. The number of carbonyl (C=O) groups is 1. The smallest absolute Gasteiger partial charge is 0.254 e. The van der Waals surface area contributed by atoms with Gasteiger partial charge in [-0.25, -0.2) is 14.4 Å². The Labute approximate surface area is 227 Å². The second-order valence-electron chi connectivity index (χ2n) is 12.0. The molecule has 1 aliphatic carbocycles. The second kappa shape index (κ2) is 9.13. The molecule has 1 amide bonds. The topological polar surface area (TPSA) is 102 Å². The molecule has 0 radical (unpaired) electrons. The van der Waals surface area contributed by atoms with Crippen LogP contribution in [0.25, 0.3) is 33.6 Å². The fourth-order valence-corrected chi connectivity index (χ4v) is 6.02. The van der Waals surface area contributed by atoms with Crippen molar-refractivity contribution in [1.29, 1.82) is 0 Å². The first kappa shape index (κ1) is 26.0. The SMILES string of the molecule is CCC1CN(C(=O)c2cc(F)c3c(c2)nc(-c2cc4ccc(C(C)(C)O)nc4n2CC2CC2)n3C)C(C)C1N. The number of halogens is 1. The number of aromatic nitrogens is 4. The van der Waals surface area contributed by atoms with Crippen LogP contribution in [-0.2, 0) is 19.2 Å². The van der Waals surface area contributed by atoms with E-state index in [1.54, 1.807) is 36.4 Å². The van der Waals surface area contributed by atoms with Crippen LogP contribution in [0.2, 0.25) is 0 Å². The Hall–Kier alpha value is -3.30. The van der Waals surface area contributed by atoms with Gasteiger partial charge in [-0.1, -0.05) is 13.3 Å². The molecule has 4 aromatic rings. The molecule has 1 saturated carbocycles. The largest absolute Gasteiger partial charge is 0.384 e. The molecule has 2 fully saturated rings. The maximum atomic E-state index is 15.6. The minimum atomic E-state index is -1.07. The fourth-order valence-electron chi connectivity index (χ4n) is 6.02. The molecule has 206 valence electrons. The Morgan fingerprint density at radius 3 is 2.59 bits per heavy atom. The average molecular weight is 533 g/mol. The summed E-state index contributed by atoms with van der Waals surface area (Å²) in [5.74, 6) is 0.710. The molecular formula is C30H37FN6O2. The third-order valence-electron chi connectivity index (χ3n) is 8.72. The van der Waals surface area contributed by atoms with Crippen molar-refractivity contribution >= 4 is 28.0 Å². The number of nitrogens with zero attached hydrogens (tertiary/aromatic N) is 5. The number of rotatable bonds is 6. The van der Waals surface area contributed by atoms with E-state index in [0.29, 0.717) is 35.0 Å². The number of nitrogens with two attached hydrogens (primary N) is 1. The molecule has 39 heavy (non-hydrogen) atoms. The highest BCUT2D eigenvalue weighted by Gasteiger charge is 2.39. The molecule has 2 aliphatic rings. The quantitative estimate of drug-likeness (QED) is 0.379. The zero-order valence-electron chi connectivity index (χ0n) is 23.3. The predicted molar refractivity (Wildman–Crippen MR) is 150 cm³/mol. The zero-order chi connectivity index (χ0) is 27.8. The monoisotopic (exact) mass is 532 g/mol. The van der Waals surface area contributed by atoms with Crippen molar-refractivity contribution in [2.24, 2.45) is 24.6 Å². The highest BCUT2D eigenvalue weighted by molar-refractivity contribution is 5.98. The molecule has 8 nitrogen and oxygen atoms in total. The Balaban J connectivity index is 1.45. The number of amides is 1. The van der Waals surface area contributed by atoms with E-state index in [4.69, 9.17) is 15.7 Å². The average Bonchev–Trinajstić information content (AvgIpc) is 3.46. The molecule has 1 aliphatic heterocycles. The van der Waals surface area contributed by atoms with Crippen LogP contribution in [0.3, 0.4) is 0 Å². The van der Waals surface area contributed by atoms with Crippen LogP contribution in [0.15, 0.2) is 30.3 Å². The Morgan fingerprint density at radius 2 is 1.95 bits per heavy atom. The van der Waals surface area contributed by atoms with Crippen LogP contribution in [0.4, 0.5) is 4.39 Å². The zero-order valence-corrected chi connectivity index (χ0v) is 23.3. The number of hydrogen-bond donors (Lipinski definition) is 2. The minimum absolute atomic E-state index is 0.0899. The van der Waals surface area contributed by atoms with Gasteiger partial charge in [0, 0.05) is 43.2 Å². The van der Waals surface area contributed by atoms with Gasteiger partial charge < -0.3 is 24.9 Å². The van der Waals surface area contributed by atoms with Gasteiger partial charge in [0.05, 0.1) is 16.9 Å². The van der Waals surface area contributed by atoms with Gasteiger partial charge in [-0.2, -0.15) is 0 Å². The number of aliphatic hydroxyl groups is 1. The van der Waals surface area contributed by atoms with E-state index in [-0.39, 0.29) is 29.5 Å². The third kappa shape index (κ3) is 4.32. The molecule has 0 spiro atoms. The third-order valence-corrected chi connectivity index (χ3v) is 8.72. The lowest BCUT2D eigenvalue weighted by atomic mass is 9.98. The van der Waals surface area contributed by atoms with E-state index in [1.165, 1.54) is 6.07 Å². The van der Waals surface area contributed by atoms with Crippen LogP contribution in [0, 0.1) is 17.7 Å². The highest BCUT2D eigenvalue weighted by Crippen LogP contribution is 2.37. The summed E-state index contributed by atoms with van der Waals surface area (Å²) in [5.41, 5.74) is 8.59. The van der Waals surface area contributed by atoms with Gasteiger partial charge in [0.1, 0.15) is 22.6 Å². The number of fused-ring (bicyclic) bond motifs is 2. The van der Waals surface area contributed by atoms with Crippen molar-refractivity contribution in [1.82, 2.24) is 24.0 Å². The van der Waals surface area contributed by atoms with Gasteiger partial charge in [-0.05, 0) is 75.8 Å². The van der Waals surface area contributed by atoms with Gasteiger partial charge in [-0.3, -0.25) is 4.79 Å². The molecule has 4 heterocycles. The normalized spacial score (nSPS) is 21.9. The van der Waals surface area contributed by atoms with Crippen molar-refractivity contribution in [3.05, 3.63) is 47.4 Å². The van der Waals surface area contributed by atoms with Crippen LogP contribution < -0.4 is 5.73 Å². The molecule has 6 rings (SSSR count). The van der Waals surface area contributed by atoms with Crippen molar-refractivity contribution in [3.63, 3.8) is 0 Å². The molecule has 3 N–H and O–H groups in total. The van der Waals surface area contributed by atoms with Crippen molar-refractivity contribution in [3.8, 4) is 11.5 Å². The summed E-state index contributed by atoms with van der Waals surface area (Å²) in [6.07, 6.45) is 3.21. The first-order valence-corrected chi connectivity index (χ1v) is 13.9. The molecule has 3 atom stereocenters. The Morgan fingerprint density at radius 1 is 1.21 bits per heavy atom. The van der Waals surface area contributed by atoms with Crippen molar-refractivity contribution in [2.45, 2.75) is 71.2 Å². The van der Waals surface area contributed by atoms with E-state index in [2.05, 4.69) is 11.5 Å². The first-order valence-electron chi connectivity index (χ1n) is 13.9. The summed E-state index contributed by atoms with van der Waals surface area (Å²) in [7, 11) is 1.80. The van der Waals surface area contributed by atoms with Gasteiger partial charge in [0.15, 0.2) is 5.82 Å². The number of carbonyl (C=O) groups excluding carboxylic acids is 1. The number of likely N-dealkylation sites (tertiary alicyclic amines) is 1. The summed E-state index contributed by atoms with van der Waals surface area (Å²) < 4.78 is 19.5. The minimum Gasteiger partial charge on any atom is -0.384 e. The van der Waals surface area contributed by atoms with E-state index in [9.17, 15) is 9.90 Å². The van der Waals surface area contributed by atoms with E-state index in [1.807, 2.05) is 25.1 Å². The highest BCUT2D eigenvalue weighted by atomic mass is 19.1. The van der Waals surface area contributed by atoms with Gasteiger partial charge >= 0.3 is 0 Å². The summed E-state index contributed by atoms with van der Waals surface area (Å²) >= 11 is 0. The fraction of sp³-hybridized carbons (Fsp3) is 0.500. The standard InChI is InChI=1S/C30H37FN6O2/c1-6-18-15-36(16(2)25(18)32)29(38)20-11-21(31)26-22(12-20)33-28(35(26)5)23-13-19-9-10-24(30(3,4)39)34-27(19)37(23)14-17-7-8-17/h9-13,16-18,25,39H,6-8,14-15,32H2,1-5H3. The van der Waals surface area contributed by atoms with Gasteiger partial charge in [0.2, 0.25) is 0 Å². The molecule has 3 aromatic heterocycles. The van der Waals surface area contributed by atoms with Crippen molar-refractivity contribution < 1.29 is 14.3 Å². The molecule has 0 bridgehead atoms. The van der Waals surface area contributed by atoms with Crippen LogP contribution in [0.1, 0.15) is 63.0 Å².